The maximum absolute atomic E-state index is 11.6. The number of amides is 1. The highest BCUT2D eigenvalue weighted by atomic mass is 32.1. The quantitative estimate of drug-likeness (QED) is 0.794. The van der Waals surface area contributed by atoms with Crippen LogP contribution >= 0.6 is 11.3 Å². The maximum Gasteiger partial charge on any atom is 0.282 e. The van der Waals surface area contributed by atoms with Crippen LogP contribution in [0.1, 0.15) is 22.6 Å². The van der Waals surface area contributed by atoms with E-state index < -0.39 is 0 Å². The van der Waals surface area contributed by atoms with Crippen molar-refractivity contribution in [2.45, 2.75) is 12.8 Å². The van der Waals surface area contributed by atoms with Crippen LogP contribution in [0.5, 0.6) is 0 Å². The molecule has 0 atom stereocenters. The van der Waals surface area contributed by atoms with Gasteiger partial charge in [-0.3, -0.25) is 4.79 Å². The average Bonchev–Trinajstić information content (AvgIpc) is 2.74. The zero-order valence-corrected chi connectivity index (χ0v) is 9.63. The third-order valence-corrected chi connectivity index (χ3v) is 3.28. The highest BCUT2D eigenvalue weighted by molar-refractivity contribution is 7.16. The molecule has 1 aromatic heterocycles. The number of nitrogens with zero attached hydrogens (tertiary/aromatic N) is 2. The highest BCUT2D eigenvalue weighted by Crippen LogP contribution is 2.14. The van der Waals surface area contributed by atoms with Crippen LogP contribution in [0.25, 0.3) is 0 Å². The summed E-state index contributed by atoms with van der Waals surface area (Å²) in [6.07, 6.45) is 2.00. The fourth-order valence-corrected chi connectivity index (χ4v) is 2.12. The molecule has 0 aliphatic carbocycles. The third-order valence-electron chi connectivity index (χ3n) is 2.53. The van der Waals surface area contributed by atoms with Gasteiger partial charge < -0.3 is 15.8 Å². The van der Waals surface area contributed by atoms with Crippen LogP contribution < -0.4 is 11.1 Å². The number of nitrogens with one attached hydrogen (secondary N) is 1. The molecule has 0 spiro atoms. The molecule has 1 saturated heterocycles. The second-order valence-corrected chi connectivity index (χ2v) is 4.72. The molecule has 0 bridgehead atoms. The van der Waals surface area contributed by atoms with Gasteiger partial charge in [0.15, 0.2) is 0 Å². The van der Waals surface area contributed by atoms with E-state index in [1.807, 2.05) is 0 Å². The smallest absolute Gasteiger partial charge is 0.282 e. The second kappa shape index (κ2) is 5.22. The predicted molar refractivity (Wildman–Crippen MR) is 60.2 cm³/mol. The molecule has 0 aromatic carbocycles. The third kappa shape index (κ3) is 2.89. The SMILES string of the molecule is Nc1nnc(C(=O)NCC2CCOCC2)s1. The number of hydrogen-bond acceptors (Lipinski definition) is 6. The predicted octanol–water partition coefficient (Wildman–Crippen LogP) is 0.277. The zero-order chi connectivity index (χ0) is 11.4. The van der Waals surface area contributed by atoms with Gasteiger partial charge in [0.2, 0.25) is 10.1 Å². The van der Waals surface area contributed by atoms with Gasteiger partial charge in [-0.2, -0.15) is 0 Å². The first kappa shape index (κ1) is 11.3. The number of hydrogen-bond donors (Lipinski definition) is 2. The molecule has 0 saturated carbocycles. The van der Waals surface area contributed by atoms with Crippen LogP contribution in [-0.2, 0) is 4.74 Å². The Kier molecular flexibility index (Phi) is 3.68. The van der Waals surface area contributed by atoms with Gasteiger partial charge in [0.25, 0.3) is 5.91 Å². The topological polar surface area (TPSA) is 90.1 Å². The van der Waals surface area contributed by atoms with Gasteiger partial charge in [0.05, 0.1) is 0 Å². The number of rotatable bonds is 3. The summed E-state index contributed by atoms with van der Waals surface area (Å²) in [6, 6.07) is 0. The van der Waals surface area contributed by atoms with E-state index in [1.54, 1.807) is 0 Å². The monoisotopic (exact) mass is 242 g/mol. The van der Waals surface area contributed by atoms with Crippen LogP contribution in [-0.4, -0.2) is 35.9 Å². The van der Waals surface area contributed by atoms with Gasteiger partial charge in [0.1, 0.15) is 0 Å². The molecular weight excluding hydrogens is 228 g/mol. The van der Waals surface area contributed by atoms with Crippen molar-refractivity contribution in [3.63, 3.8) is 0 Å². The lowest BCUT2D eigenvalue weighted by atomic mass is 10.0. The van der Waals surface area contributed by atoms with E-state index in [0.717, 1.165) is 37.4 Å². The average molecular weight is 242 g/mol. The number of nitrogen functional groups attached to an aromatic ring is 1. The maximum atomic E-state index is 11.6. The summed E-state index contributed by atoms with van der Waals surface area (Å²) in [7, 11) is 0. The molecule has 1 fully saturated rings. The van der Waals surface area contributed by atoms with E-state index in [2.05, 4.69) is 15.5 Å². The first-order chi connectivity index (χ1) is 7.75. The van der Waals surface area contributed by atoms with Crippen LogP contribution in [0, 0.1) is 5.92 Å². The van der Waals surface area contributed by atoms with Crippen molar-refractivity contribution in [2.24, 2.45) is 5.92 Å². The Hall–Kier alpha value is -1.21. The Balaban J connectivity index is 1.79. The van der Waals surface area contributed by atoms with Crippen molar-refractivity contribution in [1.82, 2.24) is 15.5 Å². The van der Waals surface area contributed by atoms with Crippen LogP contribution in [0.3, 0.4) is 0 Å². The van der Waals surface area contributed by atoms with Gasteiger partial charge in [-0.25, -0.2) is 0 Å². The lowest BCUT2D eigenvalue weighted by Gasteiger charge is -2.21. The molecule has 88 valence electrons. The second-order valence-electron chi connectivity index (χ2n) is 3.71. The standard InChI is InChI=1S/C9H14N4O2S/c10-9-13-12-8(16-9)7(14)11-5-6-1-3-15-4-2-6/h6H,1-5H2,(H2,10,13)(H,11,14). The number of nitrogens with two attached hydrogens (primary N) is 1. The number of ether oxygens (including phenoxy) is 1. The summed E-state index contributed by atoms with van der Waals surface area (Å²) >= 11 is 1.10. The molecule has 0 radical (unpaired) electrons. The largest absolute Gasteiger partial charge is 0.381 e. The van der Waals surface area contributed by atoms with E-state index in [0.29, 0.717) is 22.6 Å². The van der Waals surface area contributed by atoms with E-state index in [1.165, 1.54) is 0 Å². The normalized spacial score (nSPS) is 17.2. The Morgan fingerprint density at radius 3 is 2.88 bits per heavy atom. The molecule has 7 heteroatoms. The minimum Gasteiger partial charge on any atom is -0.381 e. The van der Waals surface area contributed by atoms with Crippen LogP contribution in [0.4, 0.5) is 5.13 Å². The lowest BCUT2D eigenvalue weighted by molar-refractivity contribution is 0.0642. The van der Waals surface area contributed by atoms with E-state index >= 15 is 0 Å². The van der Waals surface area contributed by atoms with Crippen molar-refractivity contribution >= 4 is 22.4 Å². The molecule has 1 aliphatic heterocycles. The molecular formula is C9H14N4O2S. The van der Waals surface area contributed by atoms with Gasteiger partial charge >= 0.3 is 0 Å². The Morgan fingerprint density at radius 1 is 1.50 bits per heavy atom. The van der Waals surface area contributed by atoms with E-state index in [9.17, 15) is 4.79 Å². The van der Waals surface area contributed by atoms with E-state index in [-0.39, 0.29) is 5.91 Å². The summed E-state index contributed by atoms with van der Waals surface area (Å²) < 4.78 is 5.24. The summed E-state index contributed by atoms with van der Waals surface area (Å²) in [4.78, 5) is 11.6. The molecule has 2 heterocycles. The van der Waals surface area contributed by atoms with Crippen LogP contribution in [0.15, 0.2) is 0 Å². The Labute approximate surface area is 97.2 Å². The zero-order valence-electron chi connectivity index (χ0n) is 8.81. The minimum atomic E-state index is -0.194. The minimum absolute atomic E-state index is 0.194. The highest BCUT2D eigenvalue weighted by Gasteiger charge is 2.16. The van der Waals surface area contributed by atoms with Gasteiger partial charge in [-0.05, 0) is 18.8 Å². The fourth-order valence-electron chi connectivity index (χ4n) is 1.59. The lowest BCUT2D eigenvalue weighted by Crippen LogP contribution is -2.32. The van der Waals surface area contributed by atoms with Crippen molar-refractivity contribution in [2.75, 3.05) is 25.5 Å². The molecule has 3 N–H and O–H groups in total. The molecule has 16 heavy (non-hydrogen) atoms. The summed E-state index contributed by atoms with van der Waals surface area (Å²) in [5.41, 5.74) is 5.40. The van der Waals surface area contributed by atoms with Crippen LogP contribution in [0.2, 0.25) is 0 Å². The Morgan fingerprint density at radius 2 is 2.25 bits per heavy atom. The Bertz CT molecular complexity index is 362. The van der Waals surface area contributed by atoms with Crippen molar-refractivity contribution in [1.29, 1.82) is 0 Å². The number of aromatic nitrogens is 2. The van der Waals surface area contributed by atoms with Crippen molar-refractivity contribution in [3.05, 3.63) is 5.01 Å². The summed E-state index contributed by atoms with van der Waals surface area (Å²) in [6.45, 7) is 2.24. The van der Waals surface area contributed by atoms with E-state index in [4.69, 9.17) is 10.5 Å². The molecule has 1 aromatic rings. The van der Waals surface area contributed by atoms with Gasteiger partial charge in [-0.15, -0.1) is 10.2 Å². The van der Waals surface area contributed by atoms with Crippen molar-refractivity contribution in [3.8, 4) is 0 Å². The summed E-state index contributed by atoms with van der Waals surface area (Å²) in [5.74, 6) is 0.309. The van der Waals surface area contributed by atoms with Gasteiger partial charge in [0, 0.05) is 19.8 Å². The molecule has 1 amide bonds. The first-order valence-corrected chi connectivity index (χ1v) is 6.02. The molecule has 2 rings (SSSR count). The molecule has 6 nitrogen and oxygen atoms in total. The molecule has 0 unspecified atom stereocenters. The fraction of sp³-hybridized carbons (Fsp3) is 0.667. The van der Waals surface area contributed by atoms with Crippen molar-refractivity contribution < 1.29 is 9.53 Å². The molecule has 1 aliphatic rings. The number of carbonyl (C=O) groups excluding carboxylic acids is 1. The first-order valence-electron chi connectivity index (χ1n) is 5.20. The number of anilines is 1. The van der Waals surface area contributed by atoms with Gasteiger partial charge in [-0.1, -0.05) is 11.3 Å². The number of carbonyl (C=O) groups is 1. The summed E-state index contributed by atoms with van der Waals surface area (Å²) in [5, 5.41) is 10.8.